The molecule has 7 heteroatoms. The zero-order valence-corrected chi connectivity index (χ0v) is 19.5. The summed E-state index contributed by atoms with van der Waals surface area (Å²) in [6, 6.07) is 13.7. The number of phenols is 2. The molecule has 0 amide bonds. The van der Waals surface area contributed by atoms with Crippen LogP contribution >= 0.6 is 11.8 Å². The number of aryl methyl sites for hydroxylation is 2. The molecule has 0 spiro atoms. The minimum atomic E-state index is -0.0163. The zero-order valence-electron chi connectivity index (χ0n) is 18.7. The minimum Gasteiger partial charge on any atom is -0.508 e. The Morgan fingerprint density at radius 1 is 0.939 bits per heavy atom. The minimum absolute atomic E-state index is 0.0163. The van der Waals surface area contributed by atoms with Gasteiger partial charge in [-0.3, -0.25) is 9.55 Å². The van der Waals surface area contributed by atoms with E-state index in [9.17, 15) is 10.2 Å². The maximum atomic E-state index is 10.7. The predicted octanol–water partition coefficient (Wildman–Crippen LogP) is 5.64. The lowest BCUT2D eigenvalue weighted by atomic mass is 9.98. The van der Waals surface area contributed by atoms with E-state index < -0.39 is 0 Å². The molecule has 0 radical (unpaired) electrons. The summed E-state index contributed by atoms with van der Waals surface area (Å²) < 4.78 is 2.01. The molecule has 0 bridgehead atoms. The maximum absolute atomic E-state index is 10.7. The van der Waals surface area contributed by atoms with Gasteiger partial charge in [0.2, 0.25) is 0 Å². The van der Waals surface area contributed by atoms with Crippen LogP contribution in [0.25, 0.3) is 17.1 Å². The van der Waals surface area contributed by atoms with Crippen LogP contribution in [-0.4, -0.2) is 30.0 Å². The molecule has 0 saturated heterocycles. The first-order valence-electron chi connectivity index (χ1n) is 11.2. The molecule has 0 atom stereocenters. The third-order valence-electron chi connectivity index (χ3n) is 6.10. The van der Waals surface area contributed by atoms with Crippen molar-refractivity contribution in [2.75, 3.05) is 0 Å². The summed E-state index contributed by atoms with van der Waals surface area (Å²) in [4.78, 5) is 4.09. The number of phenolic OH excluding ortho intramolecular Hbond substituents is 2. The lowest BCUT2D eigenvalue weighted by Crippen LogP contribution is -2.02. The Morgan fingerprint density at radius 2 is 1.73 bits per heavy atom. The fourth-order valence-electron chi connectivity index (χ4n) is 4.33. The van der Waals surface area contributed by atoms with E-state index in [2.05, 4.69) is 33.4 Å². The number of hydrogen-bond acceptors (Lipinski definition) is 6. The van der Waals surface area contributed by atoms with Crippen molar-refractivity contribution in [3.8, 4) is 28.6 Å². The van der Waals surface area contributed by atoms with Crippen LogP contribution in [0.2, 0.25) is 0 Å². The average Bonchev–Trinajstić information content (AvgIpc) is 3.44. The molecule has 6 nitrogen and oxygen atoms in total. The number of hydrogen-bond donors (Lipinski definition) is 2. The number of benzene rings is 2. The predicted molar refractivity (Wildman–Crippen MR) is 130 cm³/mol. The maximum Gasteiger partial charge on any atom is 0.196 e. The van der Waals surface area contributed by atoms with Gasteiger partial charge in [-0.2, -0.15) is 0 Å². The third-order valence-corrected chi connectivity index (χ3v) is 7.10. The van der Waals surface area contributed by atoms with E-state index in [1.807, 2.05) is 36.6 Å². The van der Waals surface area contributed by atoms with Crippen molar-refractivity contribution in [1.82, 2.24) is 19.7 Å². The van der Waals surface area contributed by atoms with Gasteiger partial charge in [-0.1, -0.05) is 31.7 Å². The molecule has 168 valence electrons. The van der Waals surface area contributed by atoms with Gasteiger partial charge in [-0.25, -0.2) is 0 Å². The van der Waals surface area contributed by atoms with Crippen molar-refractivity contribution < 1.29 is 10.2 Å². The van der Waals surface area contributed by atoms with Crippen molar-refractivity contribution in [1.29, 1.82) is 0 Å². The van der Waals surface area contributed by atoms with Gasteiger partial charge in [0.05, 0.1) is 11.3 Å². The van der Waals surface area contributed by atoms with Crippen LogP contribution in [0.5, 0.6) is 11.5 Å². The van der Waals surface area contributed by atoms with Gasteiger partial charge in [0.25, 0.3) is 0 Å². The first-order chi connectivity index (χ1) is 16.0. The molecule has 1 aliphatic rings. The summed E-state index contributed by atoms with van der Waals surface area (Å²) in [5.41, 5.74) is 6.20. The largest absolute Gasteiger partial charge is 0.508 e. The van der Waals surface area contributed by atoms with E-state index in [4.69, 9.17) is 0 Å². The molecule has 2 aromatic heterocycles. The molecule has 33 heavy (non-hydrogen) atoms. The van der Waals surface area contributed by atoms with Gasteiger partial charge in [-0.05, 0) is 77.8 Å². The highest BCUT2D eigenvalue weighted by Crippen LogP contribution is 2.39. The molecule has 0 unspecified atom stereocenters. The fraction of sp³-hybridized carbons (Fsp3) is 0.269. The van der Waals surface area contributed by atoms with Crippen molar-refractivity contribution in [3.05, 3.63) is 77.1 Å². The first kappa shape index (κ1) is 21.5. The van der Waals surface area contributed by atoms with Crippen molar-refractivity contribution in [3.63, 3.8) is 0 Å². The Hall–Kier alpha value is -3.32. The van der Waals surface area contributed by atoms with E-state index in [0.29, 0.717) is 11.4 Å². The highest BCUT2D eigenvalue weighted by atomic mass is 32.2. The van der Waals surface area contributed by atoms with E-state index >= 15 is 0 Å². The lowest BCUT2D eigenvalue weighted by Gasteiger charge is -2.15. The van der Waals surface area contributed by atoms with Crippen LogP contribution in [0.1, 0.15) is 48.4 Å². The smallest absolute Gasteiger partial charge is 0.196 e. The third kappa shape index (κ3) is 4.20. The number of aromatic nitrogens is 4. The number of nitrogens with zero attached hydrogens (tertiary/aromatic N) is 4. The molecule has 5 rings (SSSR count). The van der Waals surface area contributed by atoms with Crippen LogP contribution < -0.4 is 0 Å². The Kier molecular flexibility index (Phi) is 5.81. The van der Waals surface area contributed by atoms with E-state index in [1.54, 1.807) is 24.2 Å². The lowest BCUT2D eigenvalue weighted by molar-refractivity contribution is 0.444. The normalized spacial score (nSPS) is 12.9. The Morgan fingerprint density at radius 3 is 2.52 bits per heavy atom. The molecule has 0 fully saturated rings. The zero-order chi connectivity index (χ0) is 22.9. The standard InChI is InChI=1S/C26H26N4O2S/c1-16(2)21-13-22(24(32)14-23(21)31)25-28-29-26(33-15-17-8-10-27-11-9-17)30(25)20-7-6-18-4-3-5-19(18)12-20/h6-14,16,31-32H,3-5,15H2,1-2H3. The molecular weight excluding hydrogens is 432 g/mol. The Bertz CT molecular complexity index is 1300. The number of rotatable bonds is 6. The summed E-state index contributed by atoms with van der Waals surface area (Å²) in [7, 11) is 0. The first-order valence-corrected chi connectivity index (χ1v) is 12.2. The monoisotopic (exact) mass is 458 g/mol. The van der Waals surface area contributed by atoms with Gasteiger partial charge in [0.15, 0.2) is 11.0 Å². The van der Waals surface area contributed by atoms with E-state index in [-0.39, 0.29) is 17.4 Å². The second-order valence-corrected chi connectivity index (χ2v) is 9.62. The van der Waals surface area contributed by atoms with E-state index in [0.717, 1.165) is 40.6 Å². The molecule has 0 aliphatic heterocycles. The molecule has 1 aliphatic carbocycles. The van der Waals surface area contributed by atoms with Crippen molar-refractivity contribution in [2.45, 2.75) is 49.9 Å². The summed E-state index contributed by atoms with van der Waals surface area (Å²) >= 11 is 1.59. The topological polar surface area (TPSA) is 84.1 Å². The second kappa shape index (κ2) is 8.90. The SMILES string of the molecule is CC(C)c1cc(-c2nnc(SCc3ccncc3)n2-c2ccc3c(c2)CCC3)c(O)cc1O. The molecular formula is C26H26N4O2S. The van der Waals surface area contributed by atoms with Gasteiger partial charge in [-0.15, -0.1) is 10.2 Å². The molecule has 4 aromatic rings. The molecule has 2 N–H and O–H groups in total. The number of aromatic hydroxyl groups is 2. The van der Waals surface area contributed by atoms with Crippen LogP contribution in [0.15, 0.2) is 60.0 Å². The molecule has 2 heterocycles. The van der Waals surface area contributed by atoms with E-state index in [1.165, 1.54) is 23.6 Å². The molecule has 2 aromatic carbocycles. The fourth-order valence-corrected chi connectivity index (χ4v) is 5.24. The quantitative estimate of drug-likeness (QED) is 0.364. The summed E-state index contributed by atoms with van der Waals surface area (Å²) in [5.74, 6) is 1.45. The van der Waals surface area contributed by atoms with Crippen LogP contribution in [0, 0.1) is 0 Å². The van der Waals surface area contributed by atoms with Gasteiger partial charge >= 0.3 is 0 Å². The van der Waals surface area contributed by atoms with Crippen LogP contribution in [-0.2, 0) is 18.6 Å². The highest BCUT2D eigenvalue weighted by Gasteiger charge is 2.22. The van der Waals surface area contributed by atoms with Crippen LogP contribution in [0.4, 0.5) is 0 Å². The second-order valence-electron chi connectivity index (χ2n) is 8.68. The number of fused-ring (bicyclic) bond motifs is 1. The van der Waals surface area contributed by atoms with Gasteiger partial charge in [0.1, 0.15) is 11.5 Å². The molecule has 0 saturated carbocycles. The summed E-state index contributed by atoms with van der Waals surface area (Å²) in [6.07, 6.45) is 6.93. The van der Waals surface area contributed by atoms with Crippen molar-refractivity contribution in [2.24, 2.45) is 0 Å². The number of thioether (sulfide) groups is 1. The Balaban J connectivity index is 1.63. The highest BCUT2D eigenvalue weighted by molar-refractivity contribution is 7.98. The average molecular weight is 459 g/mol. The Labute approximate surface area is 197 Å². The number of pyridine rings is 1. The summed E-state index contributed by atoms with van der Waals surface area (Å²) in [5, 5.41) is 30.8. The van der Waals surface area contributed by atoms with Gasteiger partial charge in [0, 0.05) is 24.2 Å². The summed E-state index contributed by atoms with van der Waals surface area (Å²) in [6.45, 7) is 4.02. The van der Waals surface area contributed by atoms with Crippen LogP contribution in [0.3, 0.4) is 0 Å². The van der Waals surface area contributed by atoms with Crippen molar-refractivity contribution >= 4 is 11.8 Å². The van der Waals surface area contributed by atoms with Gasteiger partial charge < -0.3 is 10.2 Å².